The van der Waals surface area contributed by atoms with E-state index < -0.39 is 11.9 Å². The predicted molar refractivity (Wildman–Crippen MR) is 168 cm³/mol. The van der Waals surface area contributed by atoms with Gasteiger partial charge in [0.2, 0.25) is 0 Å². The van der Waals surface area contributed by atoms with Gasteiger partial charge in [-0.15, -0.1) is 0 Å². The van der Waals surface area contributed by atoms with Crippen molar-refractivity contribution in [1.29, 1.82) is 0 Å². The molecule has 1 aliphatic heterocycles. The highest BCUT2D eigenvalue weighted by atomic mass is 32.1. The van der Waals surface area contributed by atoms with Crippen LogP contribution in [-0.4, -0.2) is 34.4 Å². The fourth-order valence-electron chi connectivity index (χ4n) is 5.12. The van der Waals surface area contributed by atoms with Gasteiger partial charge in [0, 0.05) is 51.6 Å². The Balaban J connectivity index is 1.46. The summed E-state index contributed by atoms with van der Waals surface area (Å²) in [6.07, 6.45) is 1.60. The second-order valence-corrected chi connectivity index (χ2v) is 11.5. The Kier molecular flexibility index (Phi) is 7.29. The van der Waals surface area contributed by atoms with Crippen LogP contribution in [0.5, 0.6) is 5.75 Å². The second-order valence-electron chi connectivity index (χ2n) is 10.7. The van der Waals surface area contributed by atoms with Gasteiger partial charge in [-0.25, -0.2) is 9.78 Å². The molecule has 43 heavy (non-hydrogen) atoms. The van der Waals surface area contributed by atoms with Crippen molar-refractivity contribution >= 4 is 51.4 Å². The van der Waals surface area contributed by atoms with Gasteiger partial charge in [0.1, 0.15) is 18.2 Å². The summed E-state index contributed by atoms with van der Waals surface area (Å²) >= 11 is 1.54. The molecule has 2 amide bonds. The van der Waals surface area contributed by atoms with Crippen molar-refractivity contribution in [2.75, 3.05) is 17.6 Å². The highest BCUT2D eigenvalue weighted by Crippen LogP contribution is 2.44. The number of pyridine rings is 1. The quantitative estimate of drug-likeness (QED) is 0.170. The lowest BCUT2D eigenvalue weighted by Crippen LogP contribution is -2.27. The molecule has 3 heterocycles. The van der Waals surface area contributed by atoms with Gasteiger partial charge >= 0.3 is 5.97 Å². The number of carboxylic acids is 1. The zero-order chi connectivity index (χ0) is 30.2. The van der Waals surface area contributed by atoms with Crippen molar-refractivity contribution < 1.29 is 24.2 Å². The van der Waals surface area contributed by atoms with Gasteiger partial charge in [-0.2, -0.15) is 11.3 Å². The molecule has 3 aromatic carbocycles. The highest BCUT2D eigenvalue weighted by Gasteiger charge is 2.26. The molecule has 0 aliphatic carbocycles. The van der Waals surface area contributed by atoms with Gasteiger partial charge in [0.15, 0.2) is 0 Å². The number of carbonyl (C=O) groups excluding carboxylic acids is 2. The number of carboxylic acid groups (broad SMARTS) is 1. The lowest BCUT2D eigenvalue weighted by Gasteiger charge is -2.22. The maximum atomic E-state index is 14.0. The molecule has 5 aromatic rings. The monoisotopic (exact) mass is 592 g/mol. The third-order valence-electron chi connectivity index (χ3n) is 7.31. The number of aromatic carboxylic acids is 1. The summed E-state index contributed by atoms with van der Waals surface area (Å²) in [5.74, 6) is -0.857. The molecule has 0 saturated carbocycles. The SMILES string of the molecule is CC(C)CNC(=O)c1ccc(-c2cc3c(cc2C(=O)Nc2ccc4c(N)nccc4c2)-c2cscc2CO3)c(C(=O)O)c1. The number of thiophene rings is 1. The number of nitrogens with two attached hydrogens (primary N) is 1. The summed E-state index contributed by atoms with van der Waals surface area (Å²) in [7, 11) is 0. The van der Waals surface area contributed by atoms with Gasteiger partial charge in [-0.3, -0.25) is 9.59 Å². The molecule has 0 radical (unpaired) electrons. The van der Waals surface area contributed by atoms with Gasteiger partial charge < -0.3 is 26.2 Å². The minimum atomic E-state index is -1.22. The first kappa shape index (κ1) is 27.9. The van der Waals surface area contributed by atoms with Crippen LogP contribution in [0.25, 0.3) is 33.0 Å². The fraction of sp³-hybridized carbons (Fsp3) is 0.152. The molecular weight excluding hydrogens is 564 g/mol. The number of anilines is 2. The standard InChI is InChI=1S/C33H28N4O5S/c1-17(2)13-36-31(38)19-3-5-23(27(10-19)33(40)41)24-12-29-25(28-16-43-15-20(28)14-42-29)11-26(24)32(39)37-21-4-6-22-18(9-21)7-8-35-30(22)34/h3-12,15-17H,13-14H2,1-2H3,(H2,34,35)(H,36,38)(H,37,39)(H,40,41). The van der Waals surface area contributed by atoms with Crippen LogP contribution in [0.1, 0.15) is 50.5 Å². The fourth-order valence-corrected chi connectivity index (χ4v) is 5.96. The van der Waals surface area contributed by atoms with E-state index in [1.165, 1.54) is 6.07 Å². The summed E-state index contributed by atoms with van der Waals surface area (Å²) < 4.78 is 6.05. The van der Waals surface area contributed by atoms with Gasteiger partial charge in [0.25, 0.3) is 11.8 Å². The third kappa shape index (κ3) is 5.40. The molecule has 9 nitrogen and oxygen atoms in total. The zero-order valence-corrected chi connectivity index (χ0v) is 24.2. The number of ether oxygens (including phenoxy) is 1. The number of benzene rings is 3. The number of aromatic nitrogens is 1. The van der Waals surface area contributed by atoms with E-state index in [0.29, 0.717) is 36.0 Å². The van der Waals surface area contributed by atoms with E-state index in [1.807, 2.05) is 24.6 Å². The smallest absolute Gasteiger partial charge is 0.336 e. The molecule has 0 saturated heterocycles. The Bertz CT molecular complexity index is 1930. The molecule has 5 N–H and O–H groups in total. The normalized spacial score (nSPS) is 11.9. The van der Waals surface area contributed by atoms with E-state index in [9.17, 15) is 19.5 Å². The number of nitrogens with zero attached hydrogens (tertiary/aromatic N) is 1. The molecule has 0 unspecified atom stereocenters. The molecule has 216 valence electrons. The Labute approximate surface area is 251 Å². The maximum Gasteiger partial charge on any atom is 0.336 e. The lowest BCUT2D eigenvalue weighted by atomic mass is 9.89. The number of carbonyl (C=O) groups is 3. The molecule has 0 spiro atoms. The van der Waals surface area contributed by atoms with Crippen LogP contribution < -0.4 is 21.1 Å². The highest BCUT2D eigenvalue weighted by molar-refractivity contribution is 7.08. The molecular formula is C33H28N4O5S. The molecule has 0 atom stereocenters. The van der Waals surface area contributed by atoms with Gasteiger partial charge in [-0.1, -0.05) is 19.9 Å². The predicted octanol–water partition coefficient (Wildman–Crippen LogP) is 6.44. The summed E-state index contributed by atoms with van der Waals surface area (Å²) in [5.41, 5.74) is 10.3. The number of nitrogens with one attached hydrogen (secondary N) is 2. The van der Waals surface area contributed by atoms with Crippen molar-refractivity contribution in [3.05, 3.63) is 93.8 Å². The average molecular weight is 593 g/mol. The minimum Gasteiger partial charge on any atom is -0.488 e. The summed E-state index contributed by atoms with van der Waals surface area (Å²) in [4.78, 5) is 43.3. The first-order valence-corrected chi connectivity index (χ1v) is 14.6. The first-order chi connectivity index (χ1) is 20.7. The van der Waals surface area contributed by atoms with Gasteiger partial charge in [0.05, 0.1) is 5.56 Å². The molecule has 0 fully saturated rings. The van der Waals surface area contributed by atoms with Crippen molar-refractivity contribution in [2.24, 2.45) is 5.92 Å². The minimum absolute atomic E-state index is 0.105. The van der Waals surface area contributed by atoms with Crippen LogP contribution in [0.3, 0.4) is 0 Å². The second kappa shape index (κ2) is 11.2. The van der Waals surface area contributed by atoms with Crippen LogP contribution in [-0.2, 0) is 6.61 Å². The molecule has 6 rings (SSSR count). The Morgan fingerprint density at radius 1 is 0.953 bits per heavy atom. The van der Waals surface area contributed by atoms with Crippen molar-refractivity contribution in [3.8, 4) is 28.0 Å². The van der Waals surface area contributed by atoms with Gasteiger partial charge in [-0.05, 0) is 81.7 Å². The van der Waals surface area contributed by atoms with Crippen LogP contribution in [0.15, 0.2) is 71.6 Å². The van der Waals surface area contributed by atoms with Crippen molar-refractivity contribution in [3.63, 3.8) is 0 Å². The molecule has 0 bridgehead atoms. The lowest BCUT2D eigenvalue weighted by molar-refractivity contribution is 0.0697. The molecule has 2 aromatic heterocycles. The summed E-state index contributed by atoms with van der Waals surface area (Å²) in [5, 5.41) is 21.6. The summed E-state index contributed by atoms with van der Waals surface area (Å²) in [6.45, 7) is 4.77. The van der Waals surface area contributed by atoms with Crippen molar-refractivity contribution in [2.45, 2.75) is 20.5 Å². The Hall–Kier alpha value is -5.22. The number of amides is 2. The maximum absolute atomic E-state index is 14.0. The zero-order valence-electron chi connectivity index (χ0n) is 23.4. The van der Waals surface area contributed by atoms with E-state index in [2.05, 4.69) is 15.6 Å². The van der Waals surface area contributed by atoms with Crippen LogP contribution in [0, 0.1) is 5.92 Å². The topological polar surface area (TPSA) is 144 Å². The Morgan fingerprint density at radius 3 is 2.58 bits per heavy atom. The number of fused-ring (bicyclic) bond motifs is 4. The van der Waals surface area contributed by atoms with Crippen LogP contribution in [0.4, 0.5) is 11.5 Å². The third-order valence-corrected chi connectivity index (χ3v) is 8.10. The van der Waals surface area contributed by atoms with E-state index >= 15 is 0 Å². The number of hydrogen-bond donors (Lipinski definition) is 4. The molecule has 10 heteroatoms. The molecule has 1 aliphatic rings. The van der Waals surface area contributed by atoms with Crippen LogP contribution >= 0.6 is 11.3 Å². The van der Waals surface area contributed by atoms with E-state index in [4.69, 9.17) is 10.5 Å². The summed E-state index contributed by atoms with van der Waals surface area (Å²) in [6, 6.07) is 15.1. The number of hydrogen-bond acceptors (Lipinski definition) is 7. The van der Waals surface area contributed by atoms with Crippen LogP contribution in [0.2, 0.25) is 0 Å². The van der Waals surface area contributed by atoms with E-state index in [-0.39, 0.29) is 34.1 Å². The number of nitrogen functional groups attached to an aromatic ring is 1. The van der Waals surface area contributed by atoms with E-state index in [0.717, 1.165) is 27.5 Å². The Morgan fingerprint density at radius 2 is 1.79 bits per heavy atom. The first-order valence-electron chi connectivity index (χ1n) is 13.7. The average Bonchev–Trinajstić information content (AvgIpc) is 3.48. The number of rotatable bonds is 7. The van der Waals surface area contributed by atoms with E-state index in [1.54, 1.807) is 66.1 Å². The van der Waals surface area contributed by atoms with Crippen molar-refractivity contribution in [1.82, 2.24) is 10.3 Å². The largest absolute Gasteiger partial charge is 0.488 e.